The fourth-order valence-corrected chi connectivity index (χ4v) is 3.41. The molecule has 0 fully saturated rings. The van der Waals surface area contributed by atoms with Gasteiger partial charge in [0.2, 0.25) is 10.0 Å². The zero-order chi connectivity index (χ0) is 14.9. The van der Waals surface area contributed by atoms with Crippen LogP contribution in [0.4, 0.5) is 0 Å². The molecule has 0 saturated heterocycles. The monoisotopic (exact) mass is 293 g/mol. The Hall–Kier alpha value is -1.66. The van der Waals surface area contributed by atoms with Crippen molar-refractivity contribution in [3.63, 3.8) is 0 Å². The Labute approximate surface area is 119 Å². The first-order chi connectivity index (χ1) is 9.38. The van der Waals surface area contributed by atoms with E-state index in [1.165, 1.54) is 0 Å². The molecule has 0 aliphatic heterocycles. The van der Waals surface area contributed by atoms with E-state index < -0.39 is 10.0 Å². The largest absolute Gasteiger partial charge is 0.241 e. The van der Waals surface area contributed by atoms with E-state index in [2.05, 4.69) is 5.10 Å². The molecule has 0 atom stereocenters. The van der Waals surface area contributed by atoms with Gasteiger partial charge in [0.1, 0.15) is 4.90 Å². The topological polar surface area (TPSA) is 78.0 Å². The van der Waals surface area contributed by atoms with E-state index in [9.17, 15) is 8.42 Å². The normalized spacial score (nSPS) is 11.8. The molecule has 0 aliphatic rings. The zero-order valence-corrected chi connectivity index (χ0v) is 12.7. The third-order valence-corrected chi connectivity index (χ3v) is 4.24. The van der Waals surface area contributed by atoms with Gasteiger partial charge in [-0.15, -0.1) is 0 Å². The molecular formula is C14H19N3O2S. The van der Waals surface area contributed by atoms with Gasteiger partial charge in [0.15, 0.2) is 0 Å². The number of nitrogens with two attached hydrogens (primary N) is 1. The smallest absolute Gasteiger partial charge is 0.236 e. The highest BCUT2D eigenvalue weighted by molar-refractivity contribution is 7.89. The standard InChI is InChI=1S/C14H19N3O2S/c1-4-12-14(20(15,18)19)13(5-2)17(16-12)11-8-6-7-10(3)9-11/h6-9H,4-5H2,1-3H3,(H2,15,18,19). The van der Waals surface area contributed by atoms with Crippen molar-refractivity contribution < 1.29 is 8.42 Å². The molecule has 20 heavy (non-hydrogen) atoms. The van der Waals surface area contributed by atoms with E-state index >= 15 is 0 Å². The summed E-state index contributed by atoms with van der Waals surface area (Å²) in [6, 6.07) is 7.79. The number of primary sulfonamides is 1. The lowest BCUT2D eigenvalue weighted by atomic mass is 10.2. The first kappa shape index (κ1) is 14.7. The van der Waals surface area contributed by atoms with Gasteiger partial charge in [-0.1, -0.05) is 26.0 Å². The second kappa shape index (κ2) is 5.38. The van der Waals surface area contributed by atoms with E-state index in [-0.39, 0.29) is 4.90 Å². The third kappa shape index (κ3) is 2.62. The molecule has 1 aromatic heterocycles. The molecule has 5 nitrogen and oxygen atoms in total. The number of nitrogens with zero attached hydrogens (tertiary/aromatic N) is 2. The highest BCUT2D eigenvalue weighted by Crippen LogP contribution is 2.24. The van der Waals surface area contributed by atoms with Gasteiger partial charge in [0, 0.05) is 0 Å². The van der Waals surface area contributed by atoms with Crippen molar-refractivity contribution in [2.24, 2.45) is 5.14 Å². The Balaban J connectivity index is 2.76. The quantitative estimate of drug-likeness (QED) is 0.936. The van der Waals surface area contributed by atoms with Crippen LogP contribution >= 0.6 is 0 Å². The zero-order valence-electron chi connectivity index (χ0n) is 11.9. The Morgan fingerprint density at radius 3 is 2.45 bits per heavy atom. The number of aromatic nitrogens is 2. The van der Waals surface area contributed by atoms with Gasteiger partial charge in [-0.3, -0.25) is 0 Å². The summed E-state index contributed by atoms with van der Waals surface area (Å²) in [5.41, 5.74) is 3.10. The lowest BCUT2D eigenvalue weighted by Crippen LogP contribution is -2.15. The van der Waals surface area contributed by atoms with Crippen molar-refractivity contribution in [2.45, 2.75) is 38.5 Å². The molecule has 0 saturated carbocycles. The molecule has 6 heteroatoms. The lowest BCUT2D eigenvalue weighted by Gasteiger charge is -2.07. The van der Waals surface area contributed by atoms with Crippen LogP contribution in [0.25, 0.3) is 5.69 Å². The van der Waals surface area contributed by atoms with Crippen LogP contribution in [0.3, 0.4) is 0 Å². The van der Waals surface area contributed by atoms with E-state index in [1.54, 1.807) is 4.68 Å². The molecule has 1 heterocycles. The highest BCUT2D eigenvalue weighted by Gasteiger charge is 2.24. The minimum Gasteiger partial charge on any atom is -0.236 e. The third-order valence-electron chi connectivity index (χ3n) is 3.20. The Kier molecular flexibility index (Phi) is 3.96. The van der Waals surface area contributed by atoms with E-state index in [1.807, 2.05) is 45.0 Å². The number of sulfonamides is 1. The first-order valence-electron chi connectivity index (χ1n) is 6.59. The van der Waals surface area contributed by atoms with Gasteiger partial charge in [0.25, 0.3) is 0 Å². The van der Waals surface area contributed by atoms with Crippen LogP contribution in [0.15, 0.2) is 29.2 Å². The summed E-state index contributed by atoms with van der Waals surface area (Å²) in [4.78, 5) is 0.170. The Morgan fingerprint density at radius 1 is 1.25 bits per heavy atom. The summed E-state index contributed by atoms with van der Waals surface area (Å²) in [5, 5.41) is 9.78. The molecule has 2 rings (SSSR count). The molecule has 0 aliphatic carbocycles. The molecule has 108 valence electrons. The molecule has 0 unspecified atom stereocenters. The van der Waals surface area contributed by atoms with Crippen molar-refractivity contribution in [3.8, 4) is 5.69 Å². The first-order valence-corrected chi connectivity index (χ1v) is 8.13. The molecule has 0 radical (unpaired) electrons. The maximum Gasteiger partial charge on any atom is 0.241 e. The predicted molar refractivity (Wildman–Crippen MR) is 78.4 cm³/mol. The Morgan fingerprint density at radius 2 is 1.95 bits per heavy atom. The van der Waals surface area contributed by atoms with Crippen LogP contribution in [0.2, 0.25) is 0 Å². The van der Waals surface area contributed by atoms with Gasteiger partial charge >= 0.3 is 0 Å². The maximum absolute atomic E-state index is 11.8. The summed E-state index contributed by atoms with van der Waals surface area (Å²) in [7, 11) is -3.77. The van der Waals surface area contributed by atoms with Crippen molar-refractivity contribution in [2.75, 3.05) is 0 Å². The molecular weight excluding hydrogens is 274 g/mol. The number of aryl methyl sites for hydroxylation is 2. The van der Waals surface area contributed by atoms with Gasteiger partial charge < -0.3 is 0 Å². The van der Waals surface area contributed by atoms with Gasteiger partial charge in [-0.25, -0.2) is 18.2 Å². The number of rotatable bonds is 4. The number of hydrogen-bond donors (Lipinski definition) is 1. The summed E-state index contributed by atoms with van der Waals surface area (Å²) in [6.45, 7) is 5.76. The minimum atomic E-state index is -3.77. The maximum atomic E-state index is 11.8. The van der Waals surface area contributed by atoms with Gasteiger partial charge in [-0.05, 0) is 37.5 Å². The van der Waals surface area contributed by atoms with Gasteiger partial charge in [0.05, 0.1) is 17.1 Å². The van der Waals surface area contributed by atoms with E-state index in [0.717, 1.165) is 11.3 Å². The second-order valence-electron chi connectivity index (χ2n) is 4.73. The summed E-state index contributed by atoms with van der Waals surface area (Å²) >= 11 is 0. The van der Waals surface area contributed by atoms with Gasteiger partial charge in [-0.2, -0.15) is 5.10 Å². The Bertz CT molecular complexity index is 733. The molecule has 1 aromatic carbocycles. The summed E-state index contributed by atoms with van der Waals surface area (Å²) in [5.74, 6) is 0. The van der Waals surface area contributed by atoms with Crippen LogP contribution in [0.1, 0.15) is 30.8 Å². The van der Waals surface area contributed by atoms with Crippen LogP contribution in [0, 0.1) is 6.92 Å². The lowest BCUT2D eigenvalue weighted by molar-refractivity contribution is 0.595. The van der Waals surface area contributed by atoms with Crippen molar-refractivity contribution in [1.82, 2.24) is 9.78 Å². The van der Waals surface area contributed by atoms with E-state index in [0.29, 0.717) is 24.2 Å². The second-order valence-corrected chi connectivity index (χ2v) is 6.22. The number of benzene rings is 1. The van der Waals surface area contributed by atoms with Crippen LogP contribution < -0.4 is 5.14 Å². The van der Waals surface area contributed by atoms with Crippen LogP contribution in [0.5, 0.6) is 0 Å². The number of hydrogen-bond acceptors (Lipinski definition) is 3. The summed E-state index contributed by atoms with van der Waals surface area (Å²) < 4.78 is 25.3. The molecule has 2 aromatic rings. The molecule has 0 spiro atoms. The van der Waals surface area contributed by atoms with Crippen LogP contribution in [-0.4, -0.2) is 18.2 Å². The predicted octanol–water partition coefficient (Wildman–Crippen LogP) is 1.95. The fraction of sp³-hybridized carbons (Fsp3) is 0.357. The average Bonchev–Trinajstić information content (AvgIpc) is 2.77. The van der Waals surface area contributed by atoms with Crippen molar-refractivity contribution >= 4 is 10.0 Å². The fourth-order valence-electron chi connectivity index (χ4n) is 2.33. The summed E-state index contributed by atoms with van der Waals surface area (Å²) in [6.07, 6.45) is 1.07. The minimum absolute atomic E-state index is 0.170. The molecule has 2 N–H and O–H groups in total. The molecule has 0 bridgehead atoms. The average molecular weight is 293 g/mol. The molecule has 0 amide bonds. The van der Waals surface area contributed by atoms with Crippen LogP contribution in [-0.2, 0) is 22.9 Å². The highest BCUT2D eigenvalue weighted by atomic mass is 32.2. The van der Waals surface area contributed by atoms with E-state index in [4.69, 9.17) is 5.14 Å². The van der Waals surface area contributed by atoms with Crippen molar-refractivity contribution in [1.29, 1.82) is 0 Å². The van der Waals surface area contributed by atoms with Crippen molar-refractivity contribution in [3.05, 3.63) is 41.2 Å². The SMILES string of the molecule is CCc1nn(-c2cccc(C)c2)c(CC)c1S(N)(=O)=O.